The maximum absolute atomic E-state index is 5.55. The van der Waals surface area contributed by atoms with Crippen LogP contribution in [0.3, 0.4) is 0 Å². The van der Waals surface area contributed by atoms with Gasteiger partial charge in [0.1, 0.15) is 0 Å². The lowest BCUT2D eigenvalue weighted by molar-refractivity contribution is -0.0348. The van der Waals surface area contributed by atoms with E-state index in [1.165, 1.54) is 25.7 Å². The lowest BCUT2D eigenvalue weighted by Crippen LogP contribution is -2.62. The molecule has 6 heteroatoms. The lowest BCUT2D eigenvalue weighted by atomic mass is 9.83. The van der Waals surface area contributed by atoms with Gasteiger partial charge in [-0.2, -0.15) is 0 Å². The van der Waals surface area contributed by atoms with Crippen LogP contribution in [0.5, 0.6) is 0 Å². The van der Waals surface area contributed by atoms with Gasteiger partial charge >= 0.3 is 0 Å². The van der Waals surface area contributed by atoms with Crippen LogP contribution in [-0.2, 0) is 18.2 Å². The van der Waals surface area contributed by atoms with Crippen molar-refractivity contribution in [3.05, 3.63) is 11.9 Å². The standard InChI is InChI=1S/C15H27N5O/c1-16-14(11-13-12-19(2)18-17-13)15(5-3-4-6-15)20-7-9-21-10-8-20/h12,14,16H,3-11H2,1-2H3. The Morgan fingerprint density at radius 3 is 2.62 bits per heavy atom. The number of morpholine rings is 1. The predicted octanol–water partition coefficient (Wildman–Crippen LogP) is 0.591. The maximum atomic E-state index is 5.55. The zero-order valence-corrected chi connectivity index (χ0v) is 13.2. The van der Waals surface area contributed by atoms with Crippen LogP contribution >= 0.6 is 0 Å². The summed E-state index contributed by atoms with van der Waals surface area (Å²) in [6.45, 7) is 3.84. The van der Waals surface area contributed by atoms with Gasteiger partial charge in [-0.05, 0) is 19.9 Å². The monoisotopic (exact) mass is 293 g/mol. The van der Waals surface area contributed by atoms with Gasteiger partial charge in [0.05, 0.1) is 18.9 Å². The smallest absolute Gasteiger partial charge is 0.0843 e. The summed E-state index contributed by atoms with van der Waals surface area (Å²) in [6.07, 6.45) is 8.19. The largest absolute Gasteiger partial charge is 0.379 e. The topological polar surface area (TPSA) is 55.2 Å². The van der Waals surface area contributed by atoms with E-state index in [2.05, 4.69) is 27.6 Å². The Balaban J connectivity index is 1.79. The number of hydrogen-bond acceptors (Lipinski definition) is 5. The minimum Gasteiger partial charge on any atom is -0.379 e. The van der Waals surface area contributed by atoms with Gasteiger partial charge in [-0.25, -0.2) is 0 Å². The lowest BCUT2D eigenvalue weighted by Gasteiger charge is -2.48. The van der Waals surface area contributed by atoms with Crippen molar-refractivity contribution >= 4 is 0 Å². The molecule has 0 aromatic carbocycles. The van der Waals surface area contributed by atoms with Crippen LogP contribution in [0.25, 0.3) is 0 Å². The van der Waals surface area contributed by atoms with Crippen LogP contribution in [0, 0.1) is 0 Å². The van der Waals surface area contributed by atoms with E-state index in [4.69, 9.17) is 4.74 Å². The second-order valence-corrected chi connectivity index (χ2v) is 6.34. The average Bonchev–Trinajstić information content (AvgIpc) is 3.15. The fourth-order valence-electron chi connectivity index (χ4n) is 4.14. The summed E-state index contributed by atoms with van der Waals surface area (Å²) in [5, 5.41) is 11.9. The van der Waals surface area contributed by atoms with Gasteiger partial charge in [0.2, 0.25) is 0 Å². The molecule has 6 nitrogen and oxygen atoms in total. The number of ether oxygens (including phenoxy) is 1. The van der Waals surface area contributed by atoms with Crippen molar-refractivity contribution in [3.63, 3.8) is 0 Å². The number of hydrogen-bond donors (Lipinski definition) is 1. The maximum Gasteiger partial charge on any atom is 0.0843 e. The van der Waals surface area contributed by atoms with E-state index in [1.807, 2.05) is 13.2 Å². The van der Waals surface area contributed by atoms with Gasteiger partial charge < -0.3 is 10.1 Å². The summed E-state index contributed by atoms with van der Waals surface area (Å²) < 4.78 is 7.34. The number of nitrogens with zero attached hydrogens (tertiary/aromatic N) is 4. The number of aromatic nitrogens is 3. The summed E-state index contributed by atoms with van der Waals surface area (Å²) in [5.41, 5.74) is 1.34. The van der Waals surface area contributed by atoms with E-state index >= 15 is 0 Å². The first kappa shape index (κ1) is 14.9. The Morgan fingerprint density at radius 1 is 1.33 bits per heavy atom. The van der Waals surface area contributed by atoms with Gasteiger partial charge in [0, 0.05) is 44.3 Å². The fourth-order valence-corrected chi connectivity index (χ4v) is 4.14. The molecule has 118 valence electrons. The molecule has 1 aromatic rings. The highest BCUT2D eigenvalue weighted by Crippen LogP contribution is 2.39. The van der Waals surface area contributed by atoms with E-state index in [9.17, 15) is 0 Å². The highest BCUT2D eigenvalue weighted by atomic mass is 16.5. The minimum absolute atomic E-state index is 0.260. The van der Waals surface area contributed by atoms with Crippen LogP contribution in [0.1, 0.15) is 31.4 Å². The molecule has 1 aromatic heterocycles. The summed E-state index contributed by atoms with van der Waals surface area (Å²) in [4.78, 5) is 2.67. The van der Waals surface area contributed by atoms with E-state index in [-0.39, 0.29) is 5.54 Å². The molecule has 2 fully saturated rings. The van der Waals surface area contributed by atoms with Crippen molar-refractivity contribution in [2.45, 2.75) is 43.7 Å². The number of aryl methyl sites for hydroxylation is 1. The summed E-state index contributed by atoms with van der Waals surface area (Å²) in [7, 11) is 4.01. The van der Waals surface area contributed by atoms with Gasteiger partial charge in [0.15, 0.2) is 0 Å². The van der Waals surface area contributed by atoms with Crippen molar-refractivity contribution in [2.24, 2.45) is 7.05 Å². The van der Waals surface area contributed by atoms with Crippen LogP contribution in [0.2, 0.25) is 0 Å². The molecule has 1 N–H and O–H groups in total. The summed E-state index contributed by atoms with van der Waals surface area (Å²) >= 11 is 0. The fraction of sp³-hybridized carbons (Fsp3) is 0.867. The van der Waals surface area contributed by atoms with Crippen molar-refractivity contribution < 1.29 is 4.74 Å². The highest BCUT2D eigenvalue weighted by Gasteiger charge is 2.45. The van der Waals surface area contributed by atoms with Gasteiger partial charge in [-0.3, -0.25) is 9.58 Å². The molecule has 21 heavy (non-hydrogen) atoms. The SMILES string of the molecule is CNC(Cc1cn(C)nn1)C1(N2CCOCC2)CCCC1. The third-order valence-electron chi connectivity index (χ3n) is 5.17. The van der Waals surface area contributed by atoms with Gasteiger partial charge in [-0.15, -0.1) is 5.10 Å². The van der Waals surface area contributed by atoms with Gasteiger partial charge in [0.25, 0.3) is 0 Å². The molecule has 3 rings (SSSR count). The third-order valence-corrected chi connectivity index (χ3v) is 5.17. The molecule has 2 heterocycles. The molecule has 1 atom stereocenters. The van der Waals surface area contributed by atoms with Gasteiger partial charge in [-0.1, -0.05) is 18.1 Å². The molecule has 0 spiro atoms. The van der Waals surface area contributed by atoms with E-state index in [1.54, 1.807) is 4.68 Å². The van der Waals surface area contributed by atoms with Crippen molar-refractivity contribution in [3.8, 4) is 0 Å². The minimum atomic E-state index is 0.260. The van der Waals surface area contributed by atoms with Crippen LogP contribution in [0.4, 0.5) is 0 Å². The second-order valence-electron chi connectivity index (χ2n) is 6.34. The van der Waals surface area contributed by atoms with E-state index < -0.39 is 0 Å². The zero-order valence-electron chi connectivity index (χ0n) is 13.2. The highest BCUT2D eigenvalue weighted by molar-refractivity contribution is 5.08. The van der Waals surface area contributed by atoms with E-state index in [0.717, 1.165) is 38.4 Å². The molecule has 1 aliphatic heterocycles. The predicted molar refractivity (Wildman–Crippen MR) is 81.1 cm³/mol. The first-order valence-electron chi connectivity index (χ1n) is 8.10. The Bertz CT molecular complexity index is 449. The molecule has 1 saturated heterocycles. The van der Waals surface area contributed by atoms with Crippen LogP contribution < -0.4 is 5.32 Å². The zero-order chi connectivity index (χ0) is 14.7. The molecule has 1 saturated carbocycles. The third kappa shape index (κ3) is 2.98. The number of likely N-dealkylation sites (N-methyl/N-ethyl adjacent to an activating group) is 1. The molecule has 0 bridgehead atoms. The van der Waals surface area contributed by atoms with Crippen LogP contribution in [-0.4, -0.2) is 64.8 Å². The number of nitrogens with one attached hydrogen (secondary N) is 1. The quantitative estimate of drug-likeness (QED) is 0.861. The number of rotatable bonds is 5. The molecule has 0 radical (unpaired) electrons. The Hall–Kier alpha value is -0.980. The molecule has 2 aliphatic rings. The summed E-state index contributed by atoms with van der Waals surface area (Å²) in [5.74, 6) is 0. The van der Waals surface area contributed by atoms with Crippen molar-refractivity contribution in [2.75, 3.05) is 33.4 Å². The molecular weight excluding hydrogens is 266 g/mol. The first-order valence-corrected chi connectivity index (χ1v) is 8.10. The van der Waals surface area contributed by atoms with E-state index in [0.29, 0.717) is 6.04 Å². The molecular formula is C15H27N5O. The Labute approximate surface area is 126 Å². The van der Waals surface area contributed by atoms with Crippen molar-refractivity contribution in [1.29, 1.82) is 0 Å². The Kier molecular flexibility index (Phi) is 4.57. The van der Waals surface area contributed by atoms with Crippen LogP contribution in [0.15, 0.2) is 6.20 Å². The first-order chi connectivity index (χ1) is 10.2. The Morgan fingerprint density at radius 2 is 2.05 bits per heavy atom. The normalized spacial score (nSPS) is 24.3. The summed E-state index contributed by atoms with van der Waals surface area (Å²) in [6, 6.07) is 0.426. The van der Waals surface area contributed by atoms with Crippen molar-refractivity contribution in [1.82, 2.24) is 25.2 Å². The molecule has 0 amide bonds. The average molecular weight is 293 g/mol. The molecule has 1 unspecified atom stereocenters. The second kappa shape index (κ2) is 6.42. The molecule has 1 aliphatic carbocycles.